The van der Waals surface area contributed by atoms with Gasteiger partial charge in [-0.3, -0.25) is 0 Å². The molecule has 0 spiro atoms. The van der Waals surface area contributed by atoms with Crippen molar-refractivity contribution in [2.45, 2.75) is 0 Å². The first-order valence-electron chi connectivity index (χ1n) is 19.9. The molecule has 0 radical (unpaired) electrons. The molecule has 2 aromatic heterocycles. The van der Waals surface area contributed by atoms with E-state index in [1.165, 1.54) is 11.1 Å². The van der Waals surface area contributed by atoms with Gasteiger partial charge in [0, 0.05) is 21.9 Å². The molecule has 0 atom stereocenters. The number of rotatable bonds is 8. The molecular weight excluding hydrogens is 1330 g/mol. The molecular formula is C56H32IN3OU2. The molecule has 8 aromatic carbocycles. The molecule has 0 amide bonds. The third kappa shape index (κ3) is 8.97. The topological polar surface area (TPSA) is 51.8 Å². The molecule has 63 heavy (non-hydrogen) atoms. The van der Waals surface area contributed by atoms with Crippen LogP contribution in [-0.2, 0) is 0 Å². The van der Waals surface area contributed by atoms with Gasteiger partial charge in [-0.15, -0.1) is 53.6 Å². The van der Waals surface area contributed by atoms with Gasteiger partial charge in [0.15, 0.2) is 17.5 Å². The molecule has 1 aliphatic heterocycles. The largest absolute Gasteiger partial charge is 2.00 e. The van der Waals surface area contributed by atoms with E-state index in [9.17, 15) is 0 Å². The van der Waals surface area contributed by atoms with Crippen molar-refractivity contribution in [2.24, 2.45) is 0 Å². The summed E-state index contributed by atoms with van der Waals surface area (Å²) in [5.74, 6) is 1.64. The van der Waals surface area contributed by atoms with Crippen molar-refractivity contribution in [3.05, 3.63) is 216 Å². The molecule has 0 saturated carbocycles. The van der Waals surface area contributed by atoms with Gasteiger partial charge in [0.2, 0.25) is 0 Å². The van der Waals surface area contributed by atoms with Crippen LogP contribution in [-0.4, -0.2) is 19.0 Å². The van der Waals surface area contributed by atoms with E-state index in [0.717, 1.165) is 83.1 Å². The van der Waals surface area contributed by atoms with Crippen LogP contribution in [0.5, 0.6) is 0 Å². The first kappa shape index (κ1) is 43.0. The molecule has 3 heterocycles. The van der Waals surface area contributed by atoms with Gasteiger partial charge < -0.3 is 4.42 Å². The summed E-state index contributed by atoms with van der Waals surface area (Å²) in [4.78, 5) is 15.7. The summed E-state index contributed by atoms with van der Waals surface area (Å²) >= 11 is -0.0799. The van der Waals surface area contributed by atoms with E-state index in [-0.39, 0.29) is 83.0 Å². The monoisotopic (exact) mass is 1370 g/mol. The first-order chi connectivity index (χ1) is 30.2. The van der Waals surface area contributed by atoms with Crippen molar-refractivity contribution in [1.82, 2.24) is 15.0 Å². The minimum Gasteiger partial charge on any atom is -0.455 e. The van der Waals surface area contributed by atoms with E-state index >= 15 is 0 Å². The maximum atomic E-state index is 6.53. The van der Waals surface area contributed by atoms with E-state index in [1.807, 2.05) is 66.7 Å². The summed E-state index contributed by atoms with van der Waals surface area (Å²) in [6.45, 7) is 0. The average molecular weight is 1370 g/mol. The Morgan fingerprint density at radius 1 is 0.444 bits per heavy atom. The number of nitrogens with zero attached hydrogens (tertiary/aromatic N) is 3. The molecule has 4 nitrogen and oxygen atoms in total. The summed E-state index contributed by atoms with van der Waals surface area (Å²) in [5.41, 5.74) is 14.2. The molecule has 7 heteroatoms. The second-order valence-electron chi connectivity index (χ2n) is 14.6. The van der Waals surface area contributed by atoms with Crippen LogP contribution < -0.4 is 0 Å². The summed E-state index contributed by atoms with van der Waals surface area (Å²) in [6.07, 6.45) is 4.33. The summed E-state index contributed by atoms with van der Waals surface area (Å²) < 4.78 is 11.1. The summed E-state index contributed by atoms with van der Waals surface area (Å²) in [6, 6.07) is 71.9. The fourth-order valence-electron chi connectivity index (χ4n) is 7.75. The van der Waals surface area contributed by atoms with E-state index in [1.54, 1.807) is 0 Å². The molecule has 11 rings (SSSR count). The van der Waals surface area contributed by atoms with Gasteiger partial charge >= 0.3 is 62.2 Å². The minimum atomic E-state index is -0.0799. The zero-order chi connectivity index (χ0) is 40.5. The Morgan fingerprint density at radius 3 is 1.62 bits per heavy atom. The van der Waals surface area contributed by atoms with Crippen LogP contribution in [0.15, 0.2) is 191 Å². The van der Waals surface area contributed by atoms with Crippen LogP contribution in [0, 0.1) is 86.5 Å². The van der Waals surface area contributed by atoms with Crippen LogP contribution in [0.1, 0.15) is 5.56 Å². The van der Waals surface area contributed by atoms with E-state index in [0.29, 0.717) is 17.5 Å². The fraction of sp³-hybridized carbons (Fsp3) is 0. The zero-order valence-electron chi connectivity index (χ0n) is 33.6. The number of hydrogen-bond donors (Lipinski definition) is 0. The van der Waals surface area contributed by atoms with Crippen molar-refractivity contribution >= 4 is 52.3 Å². The van der Waals surface area contributed by atoms with Gasteiger partial charge in [0.05, 0.1) is 5.56 Å². The minimum absolute atomic E-state index is 0. The quantitative estimate of drug-likeness (QED) is 0.112. The molecule has 0 unspecified atom stereocenters. The van der Waals surface area contributed by atoms with E-state index < -0.39 is 0 Å². The Hall–Kier alpha value is -5.25. The molecule has 10 aromatic rings. The van der Waals surface area contributed by atoms with Gasteiger partial charge in [-0.1, -0.05) is 111 Å². The summed E-state index contributed by atoms with van der Waals surface area (Å²) in [7, 11) is 0. The Bertz CT molecular complexity index is 3260. The van der Waals surface area contributed by atoms with E-state index in [4.69, 9.17) is 19.4 Å². The van der Waals surface area contributed by atoms with Gasteiger partial charge in [-0.2, -0.15) is 83.9 Å². The van der Waals surface area contributed by atoms with Gasteiger partial charge in [-0.05, 0) is 31.4 Å². The normalized spacial score (nSPS) is 12.0. The third-order valence-corrected chi connectivity index (χ3v) is 12.6. The zero-order valence-corrected chi connectivity index (χ0v) is 44.1. The second-order valence-corrected chi connectivity index (χ2v) is 16.7. The SMILES string of the molecule is [U+2].[U+2].[c-]1ccccc1-c1[c-]c(-c2cc(-c3[c-]c(-c4[c-]cccc4)ccc3)cc(-c3nc(-c4ccc(C5=CC=CI=C5)cc4)nc(-c4cccc5c4oc4ccccc45)n3)c2)ccc1. The number of para-hydroxylation sites is 2. The molecule has 292 valence electrons. The smallest absolute Gasteiger partial charge is 0.455 e. The average Bonchev–Trinajstić information content (AvgIpc) is 3.74. The summed E-state index contributed by atoms with van der Waals surface area (Å²) in [5, 5.41) is 2.06. The maximum absolute atomic E-state index is 6.53. The fourth-order valence-corrected chi connectivity index (χ4v) is 9.36. The van der Waals surface area contributed by atoms with Crippen LogP contribution in [0.4, 0.5) is 0 Å². The maximum Gasteiger partial charge on any atom is 2.00 e. The van der Waals surface area contributed by atoms with Crippen molar-refractivity contribution in [1.29, 1.82) is 0 Å². The van der Waals surface area contributed by atoms with Crippen molar-refractivity contribution in [3.8, 4) is 78.7 Å². The molecule has 0 fully saturated rings. The predicted octanol–water partition coefficient (Wildman–Crippen LogP) is 14.3. The van der Waals surface area contributed by atoms with Gasteiger partial charge in [0.1, 0.15) is 11.2 Å². The van der Waals surface area contributed by atoms with Gasteiger partial charge in [-0.25, -0.2) is 26.1 Å². The van der Waals surface area contributed by atoms with Crippen LogP contribution in [0.3, 0.4) is 0 Å². The van der Waals surface area contributed by atoms with E-state index in [2.05, 4.69) is 148 Å². The number of furan rings is 1. The number of fused-ring (bicyclic) bond motifs is 3. The standard InChI is InChI=1S/C56H32IN3O.2U/c1-3-13-37(14-4-1)41-17-9-19-43(31-41)46-33-47(44-20-10-18-42(32-44)38-15-5-2-6-16-38)35-48(34-46)55-58-54(40-28-26-39(27-29-40)45-21-12-30-57-36-45)59-56(60-55)51-24-11-23-50-49-22-7-8-25-52(49)61-53(50)51;;/h1-13,15,17-30,33-36H;;/q-4;2*+2. The van der Waals surface area contributed by atoms with Gasteiger partial charge in [0.25, 0.3) is 0 Å². The Balaban J connectivity index is 0.00000252. The van der Waals surface area contributed by atoms with Crippen LogP contribution in [0.2, 0.25) is 0 Å². The molecule has 0 aliphatic carbocycles. The van der Waals surface area contributed by atoms with Crippen molar-refractivity contribution in [2.75, 3.05) is 0 Å². The Morgan fingerprint density at radius 2 is 0.984 bits per heavy atom. The third-order valence-electron chi connectivity index (χ3n) is 10.8. The van der Waals surface area contributed by atoms with Crippen molar-refractivity contribution < 1.29 is 66.6 Å². The molecule has 0 saturated heterocycles. The first-order valence-corrected chi connectivity index (χ1v) is 22.4. The second kappa shape index (κ2) is 19.2. The number of hydrogen-bond acceptors (Lipinski definition) is 4. The Labute approximate surface area is 423 Å². The molecule has 0 bridgehead atoms. The predicted molar refractivity (Wildman–Crippen MR) is 258 cm³/mol. The molecule has 1 aliphatic rings. The number of aromatic nitrogens is 3. The van der Waals surface area contributed by atoms with Crippen molar-refractivity contribution in [3.63, 3.8) is 0 Å². The number of allylic oxidation sites excluding steroid dienone is 3. The van der Waals surface area contributed by atoms with Crippen LogP contribution >= 0.6 is 20.7 Å². The Kier molecular flexibility index (Phi) is 13.1. The molecule has 0 N–H and O–H groups in total. The van der Waals surface area contributed by atoms with Crippen LogP contribution in [0.25, 0.3) is 106 Å². The number of halogens is 1. The number of benzene rings is 8.